The number of H-pyrrole nitrogens is 1. The summed E-state index contributed by atoms with van der Waals surface area (Å²) in [7, 11) is 0. The summed E-state index contributed by atoms with van der Waals surface area (Å²) >= 11 is 0. The average molecular weight is 370 g/mol. The van der Waals surface area contributed by atoms with Crippen molar-refractivity contribution >= 4 is 5.91 Å². The van der Waals surface area contributed by atoms with Gasteiger partial charge >= 0.3 is 6.18 Å². The second-order valence-corrected chi connectivity index (χ2v) is 6.19. The Morgan fingerprint density at radius 2 is 1.44 bits per heavy atom. The van der Waals surface area contributed by atoms with Crippen LogP contribution in [0.4, 0.5) is 13.2 Å². The summed E-state index contributed by atoms with van der Waals surface area (Å²) < 4.78 is 38.1. The molecule has 7 heteroatoms. The Morgan fingerprint density at radius 3 is 1.96 bits per heavy atom. The number of aromatic nitrogens is 1. The molecule has 1 amide bonds. The second-order valence-electron chi connectivity index (χ2n) is 6.19. The van der Waals surface area contributed by atoms with Crippen molar-refractivity contribution in [2.75, 3.05) is 0 Å². The number of nitrogens with one attached hydrogen (secondary N) is 2. The number of alkyl halides is 3. The summed E-state index contributed by atoms with van der Waals surface area (Å²) in [6.07, 6.45) is -4.68. The fourth-order valence-corrected chi connectivity index (χ4v) is 3.34. The van der Waals surface area contributed by atoms with Gasteiger partial charge in [-0.15, -0.1) is 0 Å². The number of fused-ring (bicyclic) bond motifs is 3. The van der Waals surface area contributed by atoms with Gasteiger partial charge in [0, 0.05) is 0 Å². The Labute approximate surface area is 151 Å². The number of carbonyl (C=O) groups is 1. The largest absolute Gasteiger partial charge is 0.431 e. The smallest absolute Gasteiger partial charge is 0.341 e. The van der Waals surface area contributed by atoms with E-state index in [1.54, 1.807) is 4.98 Å². The van der Waals surface area contributed by atoms with Crippen molar-refractivity contribution in [3.8, 4) is 11.1 Å². The van der Waals surface area contributed by atoms with Crippen LogP contribution in [0.1, 0.15) is 33.2 Å². The topological polar surface area (TPSA) is 62.0 Å². The average Bonchev–Trinajstić information content (AvgIpc) is 2.95. The van der Waals surface area contributed by atoms with Crippen molar-refractivity contribution < 1.29 is 18.0 Å². The van der Waals surface area contributed by atoms with Crippen LogP contribution in [0.25, 0.3) is 11.1 Å². The maximum absolute atomic E-state index is 12.7. The molecule has 1 aliphatic carbocycles. The fraction of sp³-hybridized carbons (Fsp3) is 0.100. The molecular weight excluding hydrogens is 357 g/mol. The van der Waals surface area contributed by atoms with Crippen molar-refractivity contribution in [1.82, 2.24) is 10.3 Å². The van der Waals surface area contributed by atoms with E-state index in [2.05, 4.69) is 5.32 Å². The van der Waals surface area contributed by atoms with Gasteiger partial charge in [-0.05, 0) is 34.4 Å². The first-order chi connectivity index (χ1) is 12.9. The Balaban J connectivity index is 1.69. The van der Waals surface area contributed by atoms with Gasteiger partial charge < -0.3 is 10.3 Å². The van der Waals surface area contributed by atoms with Crippen LogP contribution in [-0.2, 0) is 6.18 Å². The molecule has 2 aromatic carbocycles. The number of hydrogen-bond donors (Lipinski definition) is 2. The highest BCUT2D eigenvalue weighted by atomic mass is 19.4. The predicted molar refractivity (Wildman–Crippen MR) is 93.3 cm³/mol. The third-order valence-electron chi connectivity index (χ3n) is 4.57. The standard InChI is InChI=1S/C20H13F3N2O2/c21-20(22,23)16-10-9-15(18(26)24-16)19(27)25-17-13-7-3-1-5-11(13)12-6-2-4-8-14(12)17/h1-10,17H,(H,24,26)(H,25,27). The second kappa shape index (κ2) is 6.12. The summed E-state index contributed by atoms with van der Waals surface area (Å²) in [5, 5.41) is 2.77. The van der Waals surface area contributed by atoms with E-state index in [4.69, 9.17) is 0 Å². The van der Waals surface area contributed by atoms with Crippen molar-refractivity contribution in [1.29, 1.82) is 0 Å². The first kappa shape index (κ1) is 17.1. The molecule has 0 bridgehead atoms. The molecule has 0 spiro atoms. The minimum Gasteiger partial charge on any atom is -0.341 e. The first-order valence-electron chi connectivity index (χ1n) is 8.16. The van der Waals surface area contributed by atoms with Crippen molar-refractivity contribution in [2.45, 2.75) is 12.2 Å². The van der Waals surface area contributed by atoms with Gasteiger partial charge in [0.1, 0.15) is 11.3 Å². The molecule has 1 heterocycles. The van der Waals surface area contributed by atoms with Crippen LogP contribution in [0.5, 0.6) is 0 Å². The summed E-state index contributed by atoms with van der Waals surface area (Å²) in [5.41, 5.74) is 1.04. The molecule has 4 nitrogen and oxygen atoms in total. The molecule has 0 saturated carbocycles. The lowest BCUT2D eigenvalue weighted by Crippen LogP contribution is -2.33. The Hall–Kier alpha value is -3.35. The quantitative estimate of drug-likeness (QED) is 0.719. The minimum absolute atomic E-state index is 0.370. The third kappa shape index (κ3) is 2.91. The molecule has 0 radical (unpaired) electrons. The molecule has 27 heavy (non-hydrogen) atoms. The number of halogens is 3. The number of aromatic amines is 1. The minimum atomic E-state index is -4.68. The van der Waals surface area contributed by atoms with Gasteiger partial charge in [0.05, 0.1) is 6.04 Å². The van der Waals surface area contributed by atoms with Crippen molar-refractivity contribution in [2.24, 2.45) is 0 Å². The van der Waals surface area contributed by atoms with E-state index >= 15 is 0 Å². The van der Waals surface area contributed by atoms with Crippen molar-refractivity contribution in [3.05, 3.63) is 93.4 Å². The van der Waals surface area contributed by atoms with Gasteiger partial charge in [0.25, 0.3) is 11.5 Å². The zero-order chi connectivity index (χ0) is 19.2. The Morgan fingerprint density at radius 1 is 0.889 bits per heavy atom. The highest BCUT2D eigenvalue weighted by Gasteiger charge is 2.33. The van der Waals surface area contributed by atoms with Gasteiger partial charge in [0.15, 0.2) is 0 Å². The maximum atomic E-state index is 12.7. The Bertz CT molecular complexity index is 1060. The molecule has 2 N–H and O–H groups in total. The highest BCUT2D eigenvalue weighted by molar-refractivity contribution is 5.95. The summed E-state index contributed by atoms with van der Waals surface area (Å²) in [4.78, 5) is 26.3. The summed E-state index contributed by atoms with van der Waals surface area (Å²) in [6, 6.07) is 16.2. The summed E-state index contributed by atoms with van der Waals surface area (Å²) in [6.45, 7) is 0. The summed E-state index contributed by atoms with van der Waals surface area (Å²) in [5.74, 6) is -0.735. The van der Waals surface area contributed by atoms with Crippen molar-refractivity contribution in [3.63, 3.8) is 0 Å². The maximum Gasteiger partial charge on any atom is 0.431 e. The van der Waals surface area contributed by atoms with Crippen LogP contribution in [-0.4, -0.2) is 10.9 Å². The molecule has 0 aliphatic heterocycles. The van der Waals surface area contributed by atoms with E-state index in [1.165, 1.54) is 0 Å². The molecule has 1 aliphatic rings. The van der Waals surface area contributed by atoms with Crippen LogP contribution >= 0.6 is 0 Å². The highest BCUT2D eigenvalue weighted by Crippen LogP contribution is 2.43. The van der Waals surface area contributed by atoms with E-state index in [1.807, 2.05) is 48.5 Å². The number of benzene rings is 2. The van der Waals surface area contributed by atoms with E-state index in [-0.39, 0.29) is 5.56 Å². The lowest BCUT2D eigenvalue weighted by atomic mass is 10.0. The molecular formula is C20H13F3N2O2. The fourth-order valence-electron chi connectivity index (χ4n) is 3.34. The van der Waals surface area contributed by atoms with Crippen LogP contribution in [0.15, 0.2) is 65.5 Å². The lowest BCUT2D eigenvalue weighted by Gasteiger charge is -2.16. The number of rotatable bonds is 2. The van der Waals surface area contributed by atoms with E-state index in [9.17, 15) is 22.8 Å². The van der Waals surface area contributed by atoms with Gasteiger partial charge in [-0.1, -0.05) is 48.5 Å². The molecule has 0 atom stereocenters. The van der Waals surface area contributed by atoms with Gasteiger partial charge in [0.2, 0.25) is 0 Å². The van der Waals surface area contributed by atoms with Crippen LogP contribution in [0, 0.1) is 0 Å². The third-order valence-corrected chi connectivity index (χ3v) is 4.57. The number of hydrogen-bond acceptors (Lipinski definition) is 2. The molecule has 0 fully saturated rings. The molecule has 136 valence electrons. The van der Waals surface area contributed by atoms with Crippen LogP contribution < -0.4 is 10.9 Å². The van der Waals surface area contributed by atoms with E-state index in [0.29, 0.717) is 6.07 Å². The monoisotopic (exact) mass is 370 g/mol. The van der Waals surface area contributed by atoms with E-state index in [0.717, 1.165) is 28.3 Å². The molecule has 0 saturated heterocycles. The van der Waals surface area contributed by atoms with Crippen LogP contribution in [0.2, 0.25) is 0 Å². The van der Waals surface area contributed by atoms with E-state index < -0.39 is 29.4 Å². The normalized spacial score (nSPS) is 13.1. The molecule has 0 unspecified atom stereocenters. The first-order valence-corrected chi connectivity index (χ1v) is 8.16. The molecule has 4 rings (SSSR count). The van der Waals surface area contributed by atoms with Gasteiger partial charge in [-0.2, -0.15) is 13.2 Å². The predicted octanol–water partition coefficient (Wildman–Crippen LogP) is 3.89. The SMILES string of the molecule is O=C(NC1c2ccccc2-c2ccccc21)c1ccc(C(F)(F)F)[nH]c1=O. The number of carbonyl (C=O) groups excluding carboxylic acids is 1. The zero-order valence-electron chi connectivity index (χ0n) is 13.8. The number of amides is 1. The molecule has 3 aromatic rings. The number of pyridine rings is 1. The lowest BCUT2D eigenvalue weighted by molar-refractivity contribution is -0.141. The van der Waals surface area contributed by atoms with Crippen LogP contribution in [0.3, 0.4) is 0 Å². The van der Waals surface area contributed by atoms with Gasteiger partial charge in [-0.25, -0.2) is 0 Å². The molecule has 1 aromatic heterocycles. The zero-order valence-corrected chi connectivity index (χ0v) is 13.8. The van der Waals surface area contributed by atoms with Gasteiger partial charge in [-0.3, -0.25) is 9.59 Å². The Kier molecular flexibility index (Phi) is 3.87.